The fourth-order valence-electron chi connectivity index (χ4n) is 4.84. The third-order valence-corrected chi connectivity index (χ3v) is 6.58. The molecule has 4 aliphatic carbocycles. The highest BCUT2D eigenvalue weighted by atomic mass is 15.0. The van der Waals surface area contributed by atoms with Crippen LogP contribution in [0.1, 0.15) is 59.8 Å². The topological polar surface area (TPSA) is 12.0 Å². The molecule has 0 unspecified atom stereocenters. The molecule has 0 aromatic carbocycles. The molecule has 0 aliphatic heterocycles. The van der Waals surface area contributed by atoms with E-state index in [4.69, 9.17) is 0 Å². The Labute approximate surface area is 113 Å². The first kappa shape index (κ1) is 13.0. The Morgan fingerprint density at radius 1 is 0.944 bits per heavy atom. The minimum atomic E-state index is 0.439. The zero-order valence-electron chi connectivity index (χ0n) is 12.7. The van der Waals surface area contributed by atoms with Crippen LogP contribution < -0.4 is 5.32 Å². The van der Waals surface area contributed by atoms with Gasteiger partial charge < -0.3 is 5.32 Å². The van der Waals surface area contributed by atoms with E-state index in [9.17, 15) is 0 Å². The molecular formula is C17H31N. The first-order valence-electron chi connectivity index (χ1n) is 8.19. The van der Waals surface area contributed by atoms with Crippen molar-refractivity contribution in [3.63, 3.8) is 0 Å². The molecule has 18 heavy (non-hydrogen) atoms. The van der Waals surface area contributed by atoms with Crippen LogP contribution in [-0.2, 0) is 0 Å². The highest BCUT2D eigenvalue weighted by Gasteiger charge is 2.48. The van der Waals surface area contributed by atoms with Crippen LogP contribution in [0.5, 0.6) is 0 Å². The second kappa shape index (κ2) is 4.51. The van der Waals surface area contributed by atoms with Crippen molar-refractivity contribution in [1.82, 2.24) is 5.32 Å². The molecule has 4 bridgehead atoms. The first-order chi connectivity index (χ1) is 8.45. The van der Waals surface area contributed by atoms with Gasteiger partial charge in [0, 0.05) is 12.6 Å². The second-order valence-corrected chi connectivity index (χ2v) is 8.48. The summed E-state index contributed by atoms with van der Waals surface area (Å²) in [5, 5.41) is 3.99. The van der Waals surface area contributed by atoms with Crippen molar-refractivity contribution >= 4 is 0 Å². The van der Waals surface area contributed by atoms with E-state index in [1.165, 1.54) is 32.2 Å². The van der Waals surface area contributed by atoms with Crippen LogP contribution in [0.25, 0.3) is 0 Å². The molecule has 0 aromatic rings. The largest absolute Gasteiger partial charge is 0.313 e. The molecule has 0 heterocycles. The molecule has 4 fully saturated rings. The van der Waals surface area contributed by atoms with Gasteiger partial charge in [0.05, 0.1) is 0 Å². The highest BCUT2D eigenvalue weighted by molar-refractivity contribution is 5.01. The zero-order valence-corrected chi connectivity index (χ0v) is 12.7. The fourth-order valence-corrected chi connectivity index (χ4v) is 4.84. The number of hydrogen-bond acceptors (Lipinski definition) is 1. The Morgan fingerprint density at radius 2 is 1.44 bits per heavy atom. The van der Waals surface area contributed by atoms with Crippen LogP contribution in [0.15, 0.2) is 0 Å². The fraction of sp³-hybridized carbons (Fsp3) is 1.00. The summed E-state index contributed by atoms with van der Waals surface area (Å²) in [4.78, 5) is 0. The normalized spacial score (nSPS) is 42.8. The van der Waals surface area contributed by atoms with E-state index in [0.717, 1.165) is 35.6 Å². The summed E-state index contributed by atoms with van der Waals surface area (Å²) >= 11 is 0. The van der Waals surface area contributed by atoms with Gasteiger partial charge in [-0.15, -0.1) is 0 Å². The van der Waals surface area contributed by atoms with Crippen molar-refractivity contribution < 1.29 is 0 Å². The SMILES string of the molecule is CC(C)C(C)(C)CNC1C2CC3CC(C2)CC1C3. The second-order valence-electron chi connectivity index (χ2n) is 8.48. The smallest absolute Gasteiger partial charge is 0.0124 e. The molecule has 0 radical (unpaired) electrons. The van der Waals surface area contributed by atoms with Crippen molar-refractivity contribution in [1.29, 1.82) is 0 Å². The van der Waals surface area contributed by atoms with Crippen molar-refractivity contribution in [3.8, 4) is 0 Å². The Morgan fingerprint density at radius 3 is 1.89 bits per heavy atom. The highest BCUT2D eigenvalue weighted by Crippen LogP contribution is 2.53. The molecule has 0 spiro atoms. The lowest BCUT2D eigenvalue weighted by molar-refractivity contribution is -0.0177. The maximum Gasteiger partial charge on any atom is 0.0124 e. The quantitative estimate of drug-likeness (QED) is 0.791. The van der Waals surface area contributed by atoms with Crippen LogP contribution in [0.4, 0.5) is 0 Å². The molecule has 1 nitrogen and oxygen atoms in total. The van der Waals surface area contributed by atoms with Gasteiger partial charge in [-0.1, -0.05) is 27.7 Å². The number of nitrogens with one attached hydrogen (secondary N) is 1. The third-order valence-electron chi connectivity index (χ3n) is 6.58. The molecule has 0 saturated heterocycles. The van der Waals surface area contributed by atoms with E-state index >= 15 is 0 Å². The maximum atomic E-state index is 3.99. The van der Waals surface area contributed by atoms with Crippen LogP contribution >= 0.6 is 0 Å². The monoisotopic (exact) mass is 249 g/mol. The molecular weight excluding hydrogens is 218 g/mol. The molecule has 1 heteroatoms. The predicted molar refractivity (Wildman–Crippen MR) is 77.5 cm³/mol. The summed E-state index contributed by atoms with van der Waals surface area (Å²) in [5.41, 5.74) is 0.439. The van der Waals surface area contributed by atoms with Gasteiger partial charge in [-0.25, -0.2) is 0 Å². The maximum absolute atomic E-state index is 3.99. The van der Waals surface area contributed by atoms with Gasteiger partial charge >= 0.3 is 0 Å². The summed E-state index contributed by atoms with van der Waals surface area (Å²) in [6.45, 7) is 10.8. The molecule has 0 amide bonds. The molecule has 4 saturated carbocycles. The summed E-state index contributed by atoms with van der Waals surface area (Å²) in [6.07, 6.45) is 7.70. The predicted octanol–water partition coefficient (Wildman–Crippen LogP) is 4.08. The molecule has 0 atom stereocenters. The van der Waals surface area contributed by atoms with E-state index < -0.39 is 0 Å². The van der Waals surface area contributed by atoms with E-state index in [2.05, 4.69) is 33.0 Å². The molecule has 104 valence electrons. The van der Waals surface area contributed by atoms with Gasteiger partial charge in [-0.3, -0.25) is 0 Å². The lowest BCUT2D eigenvalue weighted by Crippen LogP contribution is -2.56. The van der Waals surface area contributed by atoms with Crippen molar-refractivity contribution in [2.45, 2.75) is 65.8 Å². The van der Waals surface area contributed by atoms with E-state index in [1.54, 1.807) is 6.42 Å². The van der Waals surface area contributed by atoms with Crippen molar-refractivity contribution in [3.05, 3.63) is 0 Å². The standard InChI is InChI=1S/C17H31N/c1-11(2)17(3,4)10-18-16-14-6-12-5-13(8-14)9-15(16)7-12/h11-16,18H,5-10H2,1-4H3. The van der Waals surface area contributed by atoms with Crippen molar-refractivity contribution in [2.24, 2.45) is 35.0 Å². The average Bonchev–Trinajstić information content (AvgIpc) is 2.26. The van der Waals surface area contributed by atoms with E-state index in [0.29, 0.717) is 5.41 Å². The Kier molecular flexibility index (Phi) is 3.25. The van der Waals surface area contributed by atoms with Crippen molar-refractivity contribution in [2.75, 3.05) is 6.54 Å². The van der Waals surface area contributed by atoms with E-state index in [1.807, 2.05) is 0 Å². The average molecular weight is 249 g/mol. The third kappa shape index (κ3) is 2.24. The van der Waals surface area contributed by atoms with Gasteiger partial charge in [0.2, 0.25) is 0 Å². The number of hydrogen-bond donors (Lipinski definition) is 1. The van der Waals surface area contributed by atoms with Gasteiger partial charge in [-0.2, -0.15) is 0 Å². The first-order valence-corrected chi connectivity index (χ1v) is 8.19. The lowest BCUT2D eigenvalue weighted by atomic mass is 9.54. The molecule has 1 N–H and O–H groups in total. The molecule has 4 rings (SSSR count). The van der Waals surface area contributed by atoms with Crippen LogP contribution in [-0.4, -0.2) is 12.6 Å². The molecule has 0 aromatic heterocycles. The van der Waals surface area contributed by atoms with Gasteiger partial charge in [0.15, 0.2) is 0 Å². The minimum Gasteiger partial charge on any atom is -0.313 e. The summed E-state index contributed by atoms with van der Waals surface area (Å²) < 4.78 is 0. The van der Waals surface area contributed by atoms with Gasteiger partial charge in [0.25, 0.3) is 0 Å². The summed E-state index contributed by atoms with van der Waals surface area (Å²) in [6, 6.07) is 0.857. The summed E-state index contributed by atoms with van der Waals surface area (Å²) in [5.74, 6) is 5.00. The Balaban J connectivity index is 1.60. The van der Waals surface area contributed by atoms with Gasteiger partial charge in [-0.05, 0) is 67.1 Å². The molecule has 4 aliphatic rings. The van der Waals surface area contributed by atoms with Crippen LogP contribution in [0, 0.1) is 35.0 Å². The number of rotatable bonds is 4. The zero-order chi connectivity index (χ0) is 12.9. The summed E-state index contributed by atoms with van der Waals surface area (Å²) in [7, 11) is 0. The Hall–Kier alpha value is -0.0400. The van der Waals surface area contributed by atoms with Gasteiger partial charge in [0.1, 0.15) is 0 Å². The lowest BCUT2D eigenvalue weighted by Gasteiger charge is -2.55. The van der Waals surface area contributed by atoms with Crippen LogP contribution in [0.2, 0.25) is 0 Å². The minimum absolute atomic E-state index is 0.439. The van der Waals surface area contributed by atoms with Crippen LogP contribution in [0.3, 0.4) is 0 Å². The Bertz CT molecular complexity index is 277. The van der Waals surface area contributed by atoms with E-state index in [-0.39, 0.29) is 0 Å².